The van der Waals surface area contributed by atoms with E-state index in [2.05, 4.69) is 15.5 Å². The van der Waals surface area contributed by atoms with E-state index >= 15 is 0 Å². The van der Waals surface area contributed by atoms with Gasteiger partial charge >= 0.3 is 5.97 Å². The Balaban J connectivity index is 1.91. The van der Waals surface area contributed by atoms with E-state index in [1.165, 1.54) is 6.07 Å². The van der Waals surface area contributed by atoms with Gasteiger partial charge in [0.1, 0.15) is 5.69 Å². The molecule has 0 aliphatic carbocycles. The van der Waals surface area contributed by atoms with E-state index in [0.717, 1.165) is 11.3 Å². The van der Waals surface area contributed by atoms with Crippen molar-refractivity contribution in [2.75, 3.05) is 0 Å². The number of aromatic carboxylic acids is 1. The fourth-order valence-electron chi connectivity index (χ4n) is 1.64. The lowest BCUT2D eigenvalue weighted by molar-refractivity contribution is 0.0652. The monoisotopic (exact) mass is 256 g/mol. The van der Waals surface area contributed by atoms with Gasteiger partial charge in [0.25, 0.3) is 0 Å². The summed E-state index contributed by atoms with van der Waals surface area (Å²) in [6, 6.07) is 8.66. The van der Waals surface area contributed by atoms with Gasteiger partial charge in [0.05, 0.1) is 18.1 Å². The average Bonchev–Trinajstić information content (AvgIpc) is 3.11. The second-order valence-electron chi connectivity index (χ2n) is 3.78. The van der Waals surface area contributed by atoms with Gasteiger partial charge in [0.15, 0.2) is 0 Å². The van der Waals surface area contributed by atoms with Gasteiger partial charge in [-0.1, -0.05) is 22.5 Å². The number of aromatic nitrogens is 4. The Morgan fingerprint density at radius 1 is 1.26 bits per heavy atom. The zero-order valence-electron chi connectivity index (χ0n) is 9.59. The van der Waals surface area contributed by atoms with Crippen molar-refractivity contribution < 1.29 is 14.4 Å². The van der Waals surface area contributed by atoms with Crippen molar-refractivity contribution in [1.29, 1.82) is 0 Å². The molecule has 7 heteroatoms. The maximum absolute atomic E-state index is 10.7. The van der Waals surface area contributed by atoms with Gasteiger partial charge in [-0.15, -0.1) is 5.10 Å². The highest BCUT2D eigenvalue weighted by molar-refractivity contribution is 5.85. The first-order valence-electron chi connectivity index (χ1n) is 5.41. The molecule has 0 aliphatic rings. The van der Waals surface area contributed by atoms with E-state index in [0.29, 0.717) is 5.69 Å². The largest absolute Gasteiger partial charge is 0.475 e. The molecule has 2 heterocycles. The molecule has 0 saturated heterocycles. The number of benzene rings is 1. The summed E-state index contributed by atoms with van der Waals surface area (Å²) in [4.78, 5) is 10.7. The Kier molecular flexibility index (Phi) is 2.57. The van der Waals surface area contributed by atoms with Crippen LogP contribution in [0.3, 0.4) is 0 Å². The normalized spacial score (nSPS) is 10.5. The van der Waals surface area contributed by atoms with E-state index in [1.54, 1.807) is 29.2 Å². The Hall–Kier alpha value is -2.96. The van der Waals surface area contributed by atoms with Crippen LogP contribution in [0.25, 0.3) is 16.9 Å². The summed E-state index contributed by atoms with van der Waals surface area (Å²) in [7, 11) is 0. The smallest absolute Gasteiger partial charge is 0.374 e. The van der Waals surface area contributed by atoms with Crippen LogP contribution in [-0.4, -0.2) is 31.2 Å². The second kappa shape index (κ2) is 4.37. The molecule has 94 valence electrons. The number of hydrogen-bond donors (Lipinski definition) is 1. The summed E-state index contributed by atoms with van der Waals surface area (Å²) in [6.07, 6.45) is 3.32. The van der Waals surface area contributed by atoms with Crippen LogP contribution in [0.1, 0.15) is 10.6 Å². The number of carbonyl (C=O) groups is 1. The van der Waals surface area contributed by atoms with Crippen LogP contribution >= 0.6 is 0 Å². The average molecular weight is 256 g/mol. The summed E-state index contributed by atoms with van der Waals surface area (Å²) in [5, 5.41) is 20.1. The van der Waals surface area contributed by atoms with Crippen molar-refractivity contribution >= 4 is 5.97 Å². The van der Waals surface area contributed by atoms with E-state index < -0.39 is 5.97 Å². The summed E-state index contributed by atoms with van der Waals surface area (Å²) in [5.74, 6) is -1.33. The Labute approximate surface area is 107 Å². The van der Waals surface area contributed by atoms with Crippen LogP contribution in [0.15, 0.2) is 47.2 Å². The minimum Gasteiger partial charge on any atom is -0.475 e. The molecule has 0 amide bonds. The molecule has 0 aliphatic heterocycles. The van der Waals surface area contributed by atoms with Crippen LogP contribution in [0, 0.1) is 0 Å². The van der Waals surface area contributed by atoms with Gasteiger partial charge in [-0.25, -0.2) is 9.48 Å². The Morgan fingerprint density at radius 3 is 2.63 bits per heavy atom. The number of hydrogen-bond acceptors (Lipinski definition) is 5. The molecular formula is C12H8N4O3. The predicted octanol–water partition coefficient (Wildman–Crippen LogP) is 1.62. The third-order valence-electron chi connectivity index (χ3n) is 2.57. The van der Waals surface area contributed by atoms with Crippen molar-refractivity contribution in [1.82, 2.24) is 20.2 Å². The first kappa shape index (κ1) is 11.1. The number of nitrogens with zero attached hydrogens (tertiary/aromatic N) is 4. The van der Waals surface area contributed by atoms with Gasteiger partial charge < -0.3 is 9.63 Å². The summed E-state index contributed by atoms with van der Waals surface area (Å²) >= 11 is 0. The van der Waals surface area contributed by atoms with Crippen LogP contribution in [0.4, 0.5) is 0 Å². The van der Waals surface area contributed by atoms with Gasteiger partial charge in [-0.3, -0.25) is 0 Å². The van der Waals surface area contributed by atoms with Crippen molar-refractivity contribution in [3.8, 4) is 16.9 Å². The molecule has 0 saturated carbocycles. The quantitative estimate of drug-likeness (QED) is 0.765. The molecule has 0 radical (unpaired) electrons. The fraction of sp³-hybridized carbons (Fsp3) is 0. The lowest BCUT2D eigenvalue weighted by Gasteiger charge is -2.00. The van der Waals surface area contributed by atoms with Crippen LogP contribution < -0.4 is 0 Å². The van der Waals surface area contributed by atoms with Crippen molar-refractivity contribution in [2.24, 2.45) is 0 Å². The van der Waals surface area contributed by atoms with Gasteiger partial charge in [0.2, 0.25) is 5.76 Å². The predicted molar refractivity (Wildman–Crippen MR) is 63.8 cm³/mol. The van der Waals surface area contributed by atoms with Crippen LogP contribution in [-0.2, 0) is 0 Å². The zero-order valence-corrected chi connectivity index (χ0v) is 9.59. The highest BCUT2D eigenvalue weighted by atomic mass is 16.5. The topological polar surface area (TPSA) is 94.0 Å². The maximum atomic E-state index is 10.7. The standard InChI is InChI=1S/C12H8N4O3/c17-12(18)11-7-10(14-19-11)8-1-3-9(4-2-8)16-6-5-13-15-16/h1-7H,(H,17,18). The van der Waals surface area contributed by atoms with Crippen molar-refractivity contribution in [3.05, 3.63) is 48.5 Å². The highest BCUT2D eigenvalue weighted by Gasteiger charge is 2.12. The summed E-state index contributed by atoms with van der Waals surface area (Å²) < 4.78 is 6.33. The first-order chi connectivity index (χ1) is 9.24. The number of rotatable bonds is 3. The molecule has 1 aromatic carbocycles. The molecule has 3 rings (SSSR count). The lowest BCUT2D eigenvalue weighted by Crippen LogP contribution is -1.94. The molecule has 3 aromatic rings. The molecule has 0 bridgehead atoms. The highest BCUT2D eigenvalue weighted by Crippen LogP contribution is 2.20. The Bertz CT molecular complexity index is 701. The molecule has 1 N–H and O–H groups in total. The van der Waals surface area contributed by atoms with E-state index in [-0.39, 0.29) is 5.76 Å². The number of carboxylic acid groups (broad SMARTS) is 1. The maximum Gasteiger partial charge on any atom is 0.374 e. The van der Waals surface area contributed by atoms with Gasteiger partial charge in [-0.05, 0) is 12.1 Å². The Morgan fingerprint density at radius 2 is 2.05 bits per heavy atom. The van der Waals surface area contributed by atoms with Gasteiger partial charge in [0, 0.05) is 11.6 Å². The SMILES string of the molecule is O=C(O)c1cc(-c2ccc(-n3ccnn3)cc2)no1. The molecule has 0 atom stereocenters. The van der Waals surface area contributed by atoms with Crippen molar-refractivity contribution in [2.45, 2.75) is 0 Å². The van der Waals surface area contributed by atoms with Crippen LogP contribution in [0.2, 0.25) is 0 Å². The molecular weight excluding hydrogens is 248 g/mol. The molecule has 7 nitrogen and oxygen atoms in total. The molecule has 2 aromatic heterocycles. The lowest BCUT2D eigenvalue weighted by atomic mass is 10.1. The van der Waals surface area contributed by atoms with Crippen LogP contribution in [0.5, 0.6) is 0 Å². The first-order valence-corrected chi connectivity index (χ1v) is 5.41. The zero-order chi connectivity index (χ0) is 13.2. The molecule has 0 unspecified atom stereocenters. The molecule has 0 fully saturated rings. The summed E-state index contributed by atoms with van der Waals surface area (Å²) in [5.41, 5.74) is 2.09. The van der Waals surface area contributed by atoms with E-state index in [1.807, 2.05) is 12.1 Å². The van der Waals surface area contributed by atoms with E-state index in [4.69, 9.17) is 9.63 Å². The van der Waals surface area contributed by atoms with Gasteiger partial charge in [-0.2, -0.15) is 0 Å². The fourth-order valence-corrected chi connectivity index (χ4v) is 1.64. The minimum atomic E-state index is -1.14. The third-order valence-corrected chi connectivity index (χ3v) is 2.57. The minimum absolute atomic E-state index is 0.185. The second-order valence-corrected chi connectivity index (χ2v) is 3.78. The molecule has 0 spiro atoms. The van der Waals surface area contributed by atoms with E-state index in [9.17, 15) is 4.79 Å². The number of carboxylic acids is 1. The van der Waals surface area contributed by atoms with Crippen molar-refractivity contribution in [3.63, 3.8) is 0 Å². The summed E-state index contributed by atoms with van der Waals surface area (Å²) in [6.45, 7) is 0. The molecule has 19 heavy (non-hydrogen) atoms. The third kappa shape index (κ3) is 2.08.